The highest BCUT2D eigenvalue weighted by molar-refractivity contribution is 5.80. The number of benzene rings is 1. The van der Waals surface area contributed by atoms with Gasteiger partial charge in [0.25, 0.3) is 0 Å². The van der Waals surface area contributed by atoms with Gasteiger partial charge in [0, 0.05) is 24.2 Å². The van der Waals surface area contributed by atoms with Gasteiger partial charge in [-0.15, -0.1) is 0 Å². The Morgan fingerprint density at radius 2 is 1.83 bits per heavy atom. The number of likely N-dealkylation sites (tertiary alicyclic amines) is 1. The highest BCUT2D eigenvalue weighted by Crippen LogP contribution is 2.39. The molecule has 2 fully saturated rings. The van der Waals surface area contributed by atoms with Crippen molar-refractivity contribution in [2.75, 3.05) is 12.3 Å². The van der Waals surface area contributed by atoms with Crippen molar-refractivity contribution in [2.45, 2.75) is 57.2 Å². The van der Waals surface area contributed by atoms with Crippen LogP contribution in [-0.2, 0) is 11.0 Å². The Bertz CT molecular complexity index is 925. The summed E-state index contributed by atoms with van der Waals surface area (Å²) in [5.74, 6) is 0.214. The van der Waals surface area contributed by atoms with Gasteiger partial charge in [-0.25, -0.2) is 9.97 Å². The number of nitrogen functional groups attached to an aromatic ring is 1. The highest BCUT2D eigenvalue weighted by atomic mass is 19.4. The van der Waals surface area contributed by atoms with Crippen LogP contribution in [0.1, 0.15) is 62.2 Å². The smallest absolute Gasteiger partial charge is 0.368 e. The maximum absolute atomic E-state index is 13.2. The Morgan fingerprint density at radius 1 is 1.10 bits per heavy atom. The molecule has 1 aromatic heterocycles. The van der Waals surface area contributed by atoms with E-state index in [4.69, 9.17) is 5.73 Å². The van der Waals surface area contributed by atoms with E-state index in [9.17, 15) is 18.0 Å². The van der Waals surface area contributed by atoms with Crippen LogP contribution in [0.2, 0.25) is 0 Å². The number of nitrogens with two attached hydrogens (primary N) is 1. The normalized spacial score (nSPS) is 20.5. The van der Waals surface area contributed by atoms with E-state index in [0.29, 0.717) is 29.8 Å². The van der Waals surface area contributed by atoms with E-state index in [0.717, 1.165) is 50.7 Å². The van der Waals surface area contributed by atoms with E-state index >= 15 is 0 Å². The lowest BCUT2D eigenvalue weighted by molar-refractivity contribution is -0.139. The number of hydrogen-bond acceptors (Lipinski definition) is 4. The average molecular weight is 418 g/mol. The minimum absolute atomic E-state index is 0.0294. The zero-order valence-electron chi connectivity index (χ0n) is 16.7. The second kappa shape index (κ2) is 8.24. The molecule has 2 aromatic rings. The molecule has 1 unspecified atom stereocenters. The molecule has 2 heterocycles. The summed E-state index contributed by atoms with van der Waals surface area (Å²) in [5, 5.41) is 0. The van der Waals surface area contributed by atoms with Crippen molar-refractivity contribution < 1.29 is 18.0 Å². The zero-order chi connectivity index (χ0) is 21.3. The second-order valence-corrected chi connectivity index (χ2v) is 8.13. The van der Waals surface area contributed by atoms with Gasteiger partial charge in [-0.05, 0) is 49.8 Å². The molecule has 160 valence electrons. The number of rotatable bonds is 3. The Balaban J connectivity index is 1.75. The molecule has 5 nitrogen and oxygen atoms in total. The monoisotopic (exact) mass is 418 g/mol. The minimum atomic E-state index is -4.44. The fraction of sp³-hybridized carbons (Fsp3) is 0.500. The molecule has 8 heteroatoms. The Kier molecular flexibility index (Phi) is 5.66. The van der Waals surface area contributed by atoms with Gasteiger partial charge < -0.3 is 10.6 Å². The fourth-order valence-electron chi connectivity index (χ4n) is 4.64. The summed E-state index contributed by atoms with van der Waals surface area (Å²) in [6, 6.07) is 4.82. The molecule has 1 saturated carbocycles. The van der Waals surface area contributed by atoms with Gasteiger partial charge in [-0.1, -0.05) is 25.0 Å². The maximum Gasteiger partial charge on any atom is 0.416 e. The van der Waals surface area contributed by atoms with Crippen LogP contribution in [0.15, 0.2) is 30.5 Å². The predicted molar refractivity (Wildman–Crippen MR) is 107 cm³/mol. The quantitative estimate of drug-likeness (QED) is 0.762. The topological polar surface area (TPSA) is 72.1 Å². The molecule has 0 spiro atoms. The fourth-order valence-corrected chi connectivity index (χ4v) is 4.64. The van der Waals surface area contributed by atoms with Crippen molar-refractivity contribution in [3.8, 4) is 11.1 Å². The van der Waals surface area contributed by atoms with E-state index in [2.05, 4.69) is 9.97 Å². The standard InChI is InChI=1S/C22H25F3N4O/c23-22(24,25)16-9-5-8-15(12-16)17-13-27-21(26)28-19(17)18-10-3-4-11-29(18)20(30)14-6-1-2-7-14/h5,8-9,12-14,18H,1-4,6-7,10-11H2,(H2,26,27,28). The minimum Gasteiger partial charge on any atom is -0.368 e. The molecular formula is C22H25F3N4O. The summed E-state index contributed by atoms with van der Waals surface area (Å²) in [5.41, 5.74) is 6.52. The molecule has 1 amide bonds. The predicted octanol–water partition coefficient (Wildman–Crippen LogP) is 4.99. The van der Waals surface area contributed by atoms with Crippen molar-refractivity contribution in [3.05, 3.63) is 41.7 Å². The molecule has 1 aliphatic heterocycles. The first kappa shape index (κ1) is 20.6. The lowest BCUT2D eigenvalue weighted by atomic mass is 9.92. The second-order valence-electron chi connectivity index (χ2n) is 8.13. The summed E-state index contributed by atoms with van der Waals surface area (Å²) in [6.45, 7) is 0.631. The van der Waals surface area contributed by atoms with Crippen LogP contribution in [0.5, 0.6) is 0 Å². The Morgan fingerprint density at radius 3 is 2.57 bits per heavy atom. The van der Waals surface area contributed by atoms with Gasteiger partial charge in [0.1, 0.15) is 0 Å². The molecule has 1 aliphatic carbocycles. The summed E-state index contributed by atoms with van der Waals surface area (Å²) in [7, 11) is 0. The number of aromatic nitrogens is 2. The molecular weight excluding hydrogens is 393 g/mol. The van der Waals surface area contributed by atoms with Gasteiger partial charge in [0.05, 0.1) is 17.3 Å². The van der Waals surface area contributed by atoms with Gasteiger partial charge in [0.15, 0.2) is 0 Å². The molecule has 2 N–H and O–H groups in total. The average Bonchev–Trinajstić information content (AvgIpc) is 3.27. The third kappa shape index (κ3) is 4.13. The summed E-state index contributed by atoms with van der Waals surface area (Å²) < 4.78 is 39.7. The molecule has 1 saturated heterocycles. The van der Waals surface area contributed by atoms with Crippen LogP contribution in [0.3, 0.4) is 0 Å². The molecule has 30 heavy (non-hydrogen) atoms. The number of hydrogen-bond donors (Lipinski definition) is 1. The van der Waals surface area contributed by atoms with Crippen LogP contribution in [-0.4, -0.2) is 27.3 Å². The van der Waals surface area contributed by atoms with Crippen molar-refractivity contribution in [1.82, 2.24) is 14.9 Å². The van der Waals surface area contributed by atoms with E-state index in [1.807, 2.05) is 4.90 Å². The molecule has 0 radical (unpaired) electrons. The number of carbonyl (C=O) groups excluding carboxylic acids is 1. The summed E-state index contributed by atoms with van der Waals surface area (Å²) in [6.07, 6.45) is 3.49. The summed E-state index contributed by atoms with van der Waals surface area (Å²) >= 11 is 0. The third-order valence-electron chi connectivity index (χ3n) is 6.14. The summed E-state index contributed by atoms with van der Waals surface area (Å²) in [4.78, 5) is 23.5. The van der Waals surface area contributed by atoms with Crippen molar-refractivity contribution in [1.29, 1.82) is 0 Å². The number of halogens is 3. The Hall–Kier alpha value is -2.64. The third-order valence-corrected chi connectivity index (χ3v) is 6.14. The SMILES string of the molecule is Nc1ncc(-c2cccc(C(F)(F)F)c2)c(C2CCCCN2C(=O)C2CCCC2)n1. The van der Waals surface area contributed by atoms with Gasteiger partial charge in [0.2, 0.25) is 11.9 Å². The molecule has 0 bridgehead atoms. The first-order chi connectivity index (χ1) is 14.3. The number of alkyl halides is 3. The van der Waals surface area contributed by atoms with Gasteiger partial charge >= 0.3 is 6.18 Å². The van der Waals surface area contributed by atoms with Crippen molar-refractivity contribution in [3.63, 3.8) is 0 Å². The van der Waals surface area contributed by atoms with Crippen LogP contribution in [0.4, 0.5) is 19.1 Å². The lowest BCUT2D eigenvalue weighted by Gasteiger charge is -2.37. The molecule has 1 atom stereocenters. The van der Waals surface area contributed by atoms with E-state index in [-0.39, 0.29) is 23.8 Å². The zero-order valence-corrected chi connectivity index (χ0v) is 16.7. The van der Waals surface area contributed by atoms with Crippen molar-refractivity contribution in [2.24, 2.45) is 5.92 Å². The number of nitrogens with zero attached hydrogens (tertiary/aromatic N) is 3. The number of anilines is 1. The number of amides is 1. The van der Waals surface area contributed by atoms with Gasteiger partial charge in [-0.2, -0.15) is 13.2 Å². The molecule has 4 rings (SSSR count). The lowest BCUT2D eigenvalue weighted by Crippen LogP contribution is -2.42. The molecule has 2 aliphatic rings. The van der Waals surface area contributed by atoms with Gasteiger partial charge in [-0.3, -0.25) is 4.79 Å². The van der Waals surface area contributed by atoms with Crippen LogP contribution in [0, 0.1) is 5.92 Å². The maximum atomic E-state index is 13.2. The largest absolute Gasteiger partial charge is 0.416 e. The number of carbonyl (C=O) groups is 1. The number of piperidine rings is 1. The van der Waals surface area contributed by atoms with Crippen LogP contribution < -0.4 is 5.73 Å². The van der Waals surface area contributed by atoms with E-state index in [1.165, 1.54) is 12.3 Å². The highest BCUT2D eigenvalue weighted by Gasteiger charge is 2.36. The first-order valence-electron chi connectivity index (χ1n) is 10.4. The first-order valence-corrected chi connectivity index (χ1v) is 10.4. The Labute approximate surface area is 173 Å². The van der Waals surface area contributed by atoms with E-state index < -0.39 is 11.7 Å². The van der Waals surface area contributed by atoms with Crippen LogP contribution in [0.25, 0.3) is 11.1 Å². The molecule has 1 aromatic carbocycles. The van der Waals surface area contributed by atoms with Crippen LogP contribution >= 0.6 is 0 Å². The van der Waals surface area contributed by atoms with E-state index in [1.54, 1.807) is 6.07 Å². The van der Waals surface area contributed by atoms with Crippen molar-refractivity contribution >= 4 is 11.9 Å².